The Morgan fingerprint density at radius 3 is 2.47 bits per heavy atom. The monoisotopic (exact) mass is 242 g/mol. The third kappa shape index (κ3) is 6.98. The summed E-state index contributed by atoms with van der Waals surface area (Å²) in [5.74, 6) is 2.14. The van der Waals surface area contributed by atoms with E-state index in [1.807, 2.05) is 0 Å². The molecule has 4 nitrogen and oxygen atoms in total. The molecule has 0 aromatic rings. The molecule has 0 aromatic carbocycles. The van der Waals surface area contributed by atoms with Crippen LogP contribution < -0.4 is 0 Å². The molecule has 0 amide bonds. The molecule has 0 radical (unpaired) electrons. The van der Waals surface area contributed by atoms with Crippen LogP contribution >= 0.6 is 0 Å². The second kappa shape index (κ2) is 7.31. The summed E-state index contributed by atoms with van der Waals surface area (Å²) in [6.07, 6.45) is 5.00. The molecule has 0 saturated heterocycles. The summed E-state index contributed by atoms with van der Waals surface area (Å²) < 4.78 is 10.1. The van der Waals surface area contributed by atoms with Gasteiger partial charge in [0.15, 0.2) is 0 Å². The summed E-state index contributed by atoms with van der Waals surface area (Å²) in [6.45, 7) is 5.26. The minimum atomic E-state index is -0.750. The van der Waals surface area contributed by atoms with Crippen LogP contribution in [0.15, 0.2) is 0 Å². The van der Waals surface area contributed by atoms with Gasteiger partial charge < -0.3 is 14.6 Å². The molecule has 0 saturated carbocycles. The quantitative estimate of drug-likeness (QED) is 0.564. The van der Waals surface area contributed by atoms with Crippen molar-refractivity contribution in [2.45, 2.75) is 45.8 Å². The highest BCUT2D eigenvalue weighted by molar-refractivity contribution is 5.75. The number of ether oxygens (including phenoxy) is 2. The summed E-state index contributed by atoms with van der Waals surface area (Å²) in [6, 6.07) is 0. The first kappa shape index (κ1) is 16.0. The predicted octanol–water partition coefficient (Wildman–Crippen LogP) is 1.36. The van der Waals surface area contributed by atoms with Crippen molar-refractivity contribution in [3.8, 4) is 12.3 Å². The van der Waals surface area contributed by atoms with E-state index in [-0.39, 0.29) is 18.7 Å². The number of aliphatic hydroxyl groups excluding tert-OH is 1. The number of methoxy groups -OCH3 is 1. The zero-order valence-corrected chi connectivity index (χ0v) is 11.0. The minimum Gasteiger partial charge on any atom is -0.463 e. The second-order valence-corrected chi connectivity index (χ2v) is 5.00. The molecular weight excluding hydrogens is 220 g/mol. The van der Waals surface area contributed by atoms with Gasteiger partial charge in [-0.15, -0.1) is 12.3 Å². The van der Waals surface area contributed by atoms with Crippen molar-refractivity contribution < 1.29 is 19.4 Å². The van der Waals surface area contributed by atoms with Crippen molar-refractivity contribution in [2.24, 2.45) is 5.41 Å². The van der Waals surface area contributed by atoms with Gasteiger partial charge in [0, 0.05) is 20.0 Å². The van der Waals surface area contributed by atoms with Crippen LogP contribution in [0.2, 0.25) is 0 Å². The zero-order chi connectivity index (χ0) is 13.5. The van der Waals surface area contributed by atoms with Crippen LogP contribution in [-0.2, 0) is 14.3 Å². The summed E-state index contributed by atoms with van der Waals surface area (Å²) in [5, 5.41) is 9.67. The van der Waals surface area contributed by atoms with Gasteiger partial charge in [0.25, 0.3) is 0 Å². The maximum absolute atomic E-state index is 11.5. The molecule has 0 aliphatic rings. The van der Waals surface area contributed by atoms with Gasteiger partial charge in [-0.2, -0.15) is 0 Å². The van der Waals surface area contributed by atoms with Crippen molar-refractivity contribution in [3.63, 3.8) is 0 Å². The smallest absolute Gasteiger partial charge is 0.311 e. The minimum absolute atomic E-state index is 0.0272. The maximum atomic E-state index is 11.5. The van der Waals surface area contributed by atoms with E-state index >= 15 is 0 Å². The lowest BCUT2D eigenvalue weighted by Crippen LogP contribution is -2.29. The van der Waals surface area contributed by atoms with Crippen LogP contribution in [0, 0.1) is 17.8 Å². The van der Waals surface area contributed by atoms with Gasteiger partial charge in [-0.3, -0.25) is 4.79 Å². The van der Waals surface area contributed by atoms with Gasteiger partial charge in [0.1, 0.15) is 6.61 Å². The molecule has 98 valence electrons. The van der Waals surface area contributed by atoms with Gasteiger partial charge >= 0.3 is 5.97 Å². The highest BCUT2D eigenvalue weighted by Crippen LogP contribution is 2.15. The van der Waals surface area contributed by atoms with Crippen molar-refractivity contribution in [1.82, 2.24) is 0 Å². The van der Waals surface area contributed by atoms with Crippen LogP contribution in [0.25, 0.3) is 0 Å². The fourth-order valence-electron chi connectivity index (χ4n) is 1.15. The molecule has 0 unspecified atom stereocenters. The zero-order valence-electron chi connectivity index (χ0n) is 11.0. The van der Waals surface area contributed by atoms with Crippen molar-refractivity contribution in [1.29, 1.82) is 0 Å². The average molecular weight is 242 g/mol. The van der Waals surface area contributed by atoms with Gasteiger partial charge in [-0.25, -0.2) is 0 Å². The SMILES string of the molecule is C#CC[C@@H](C[C@H](O)COC(=O)C(C)(C)C)OC. The third-order valence-electron chi connectivity index (χ3n) is 2.23. The van der Waals surface area contributed by atoms with Gasteiger partial charge in [-0.1, -0.05) is 0 Å². The first-order chi connectivity index (χ1) is 7.81. The molecule has 0 fully saturated rings. The van der Waals surface area contributed by atoms with E-state index in [1.165, 1.54) is 7.11 Å². The number of esters is 1. The van der Waals surface area contributed by atoms with Gasteiger partial charge in [0.2, 0.25) is 0 Å². The number of rotatable bonds is 6. The standard InChI is InChI=1S/C13H22O4/c1-6-7-11(16-5)8-10(14)9-17-12(15)13(2,3)4/h1,10-11,14H,7-9H2,2-5H3/t10-,11-/m0/s1. The number of carbonyl (C=O) groups excluding carboxylic acids is 1. The summed E-state index contributed by atoms with van der Waals surface area (Å²) in [5.41, 5.74) is -0.556. The first-order valence-electron chi connectivity index (χ1n) is 5.62. The lowest BCUT2D eigenvalue weighted by Gasteiger charge is -2.20. The van der Waals surface area contributed by atoms with Gasteiger partial charge in [0.05, 0.1) is 17.6 Å². The lowest BCUT2D eigenvalue weighted by molar-refractivity contribution is -0.156. The highest BCUT2D eigenvalue weighted by Gasteiger charge is 2.24. The number of carbonyl (C=O) groups is 1. The molecule has 0 aromatic heterocycles. The van der Waals surface area contributed by atoms with E-state index in [0.29, 0.717) is 12.8 Å². The molecule has 0 spiro atoms. The number of hydrogen-bond donors (Lipinski definition) is 1. The van der Waals surface area contributed by atoms with Crippen LogP contribution in [-0.4, -0.2) is 37.0 Å². The average Bonchev–Trinajstić information content (AvgIpc) is 2.23. The lowest BCUT2D eigenvalue weighted by atomic mass is 9.97. The Morgan fingerprint density at radius 1 is 1.47 bits per heavy atom. The Kier molecular flexibility index (Phi) is 6.86. The number of terminal acetylenes is 1. The van der Waals surface area contributed by atoms with E-state index in [9.17, 15) is 9.90 Å². The number of aliphatic hydroxyl groups is 1. The van der Waals surface area contributed by atoms with Crippen LogP contribution in [0.3, 0.4) is 0 Å². The van der Waals surface area contributed by atoms with Crippen molar-refractivity contribution in [2.75, 3.05) is 13.7 Å². The van der Waals surface area contributed by atoms with E-state index in [2.05, 4.69) is 5.92 Å². The van der Waals surface area contributed by atoms with Crippen LogP contribution in [0.1, 0.15) is 33.6 Å². The second-order valence-electron chi connectivity index (χ2n) is 5.00. The normalized spacial score (nSPS) is 14.8. The largest absolute Gasteiger partial charge is 0.463 e. The van der Waals surface area contributed by atoms with Crippen LogP contribution in [0.5, 0.6) is 0 Å². The summed E-state index contributed by atoms with van der Waals surface area (Å²) >= 11 is 0. The fraction of sp³-hybridized carbons (Fsp3) is 0.769. The fourth-order valence-corrected chi connectivity index (χ4v) is 1.15. The Labute approximate surface area is 103 Å². The van der Waals surface area contributed by atoms with Crippen LogP contribution in [0.4, 0.5) is 0 Å². The Bertz CT molecular complexity index is 272. The van der Waals surface area contributed by atoms with E-state index < -0.39 is 11.5 Å². The first-order valence-corrected chi connectivity index (χ1v) is 5.62. The Morgan fingerprint density at radius 2 is 2.06 bits per heavy atom. The highest BCUT2D eigenvalue weighted by atomic mass is 16.5. The van der Waals surface area contributed by atoms with E-state index in [0.717, 1.165) is 0 Å². The molecule has 0 heterocycles. The third-order valence-corrected chi connectivity index (χ3v) is 2.23. The van der Waals surface area contributed by atoms with Crippen molar-refractivity contribution in [3.05, 3.63) is 0 Å². The molecular formula is C13H22O4. The number of hydrogen-bond acceptors (Lipinski definition) is 4. The van der Waals surface area contributed by atoms with E-state index in [1.54, 1.807) is 20.8 Å². The molecule has 0 aliphatic heterocycles. The molecule has 0 aliphatic carbocycles. The Balaban J connectivity index is 3.99. The predicted molar refractivity (Wildman–Crippen MR) is 65.3 cm³/mol. The molecule has 4 heteroatoms. The summed E-state index contributed by atoms with van der Waals surface area (Å²) in [7, 11) is 1.54. The van der Waals surface area contributed by atoms with E-state index in [4.69, 9.17) is 15.9 Å². The Hall–Kier alpha value is -1.05. The van der Waals surface area contributed by atoms with Crippen molar-refractivity contribution >= 4 is 5.97 Å². The molecule has 0 bridgehead atoms. The van der Waals surface area contributed by atoms with Gasteiger partial charge in [-0.05, 0) is 20.8 Å². The molecule has 0 rings (SSSR count). The summed E-state index contributed by atoms with van der Waals surface area (Å²) in [4.78, 5) is 11.5. The maximum Gasteiger partial charge on any atom is 0.311 e. The topological polar surface area (TPSA) is 55.8 Å². The molecule has 2 atom stereocenters. The molecule has 1 N–H and O–H groups in total. The molecule has 17 heavy (non-hydrogen) atoms.